The van der Waals surface area contributed by atoms with Gasteiger partial charge < -0.3 is 19.7 Å². The predicted molar refractivity (Wildman–Crippen MR) is 84.5 cm³/mol. The van der Waals surface area contributed by atoms with Gasteiger partial charge in [-0.2, -0.15) is 0 Å². The Kier molecular flexibility index (Phi) is 4.68. The molecule has 2 aliphatic rings. The van der Waals surface area contributed by atoms with Crippen LogP contribution in [0.3, 0.4) is 0 Å². The number of hydrogen-bond donors (Lipinski definition) is 1. The van der Waals surface area contributed by atoms with E-state index in [0.717, 1.165) is 25.3 Å². The van der Waals surface area contributed by atoms with Crippen LogP contribution in [0.15, 0.2) is 12.1 Å². The van der Waals surface area contributed by atoms with Crippen molar-refractivity contribution >= 4 is 11.7 Å². The van der Waals surface area contributed by atoms with Crippen LogP contribution in [0.2, 0.25) is 0 Å². The summed E-state index contributed by atoms with van der Waals surface area (Å²) >= 11 is 0. The van der Waals surface area contributed by atoms with Crippen LogP contribution in [0.5, 0.6) is 5.75 Å². The lowest BCUT2D eigenvalue weighted by atomic mass is 10.1. The monoisotopic (exact) mass is 323 g/mol. The number of rotatable bonds is 2. The molecule has 0 saturated carbocycles. The van der Waals surface area contributed by atoms with Gasteiger partial charge in [-0.1, -0.05) is 0 Å². The molecule has 126 valence electrons. The Balaban J connectivity index is 1.66. The second-order valence-corrected chi connectivity index (χ2v) is 5.94. The number of benzene rings is 1. The average Bonchev–Trinajstić information content (AvgIpc) is 2.57. The molecule has 0 aromatic heterocycles. The van der Waals surface area contributed by atoms with Gasteiger partial charge in [0.25, 0.3) is 0 Å². The molecule has 1 aromatic carbocycles. The molecule has 2 heterocycles. The predicted octanol–water partition coefficient (Wildman–Crippen LogP) is 1.69. The normalized spacial score (nSPS) is 21.7. The molecule has 2 aliphatic heterocycles. The largest absolute Gasteiger partial charge is 0.494 e. The van der Waals surface area contributed by atoms with Crippen molar-refractivity contribution in [2.24, 2.45) is 0 Å². The minimum absolute atomic E-state index is 0.175. The van der Waals surface area contributed by atoms with E-state index in [1.54, 1.807) is 11.0 Å². The molecule has 0 aliphatic carbocycles. The summed E-state index contributed by atoms with van der Waals surface area (Å²) in [7, 11) is 1.42. The summed E-state index contributed by atoms with van der Waals surface area (Å²) in [6.07, 6.45) is 0. The Morgan fingerprint density at radius 2 is 2.22 bits per heavy atom. The molecular formula is C16H22FN3O3. The zero-order valence-electron chi connectivity index (χ0n) is 13.5. The summed E-state index contributed by atoms with van der Waals surface area (Å²) in [5, 5.41) is 2.80. The zero-order chi connectivity index (χ0) is 16.4. The van der Waals surface area contributed by atoms with Crippen molar-refractivity contribution in [2.75, 3.05) is 51.8 Å². The van der Waals surface area contributed by atoms with Gasteiger partial charge in [-0.15, -0.1) is 0 Å². The first-order valence-corrected chi connectivity index (χ1v) is 7.80. The lowest BCUT2D eigenvalue weighted by Crippen LogP contribution is -2.59. The number of nitrogens with one attached hydrogen (secondary N) is 1. The van der Waals surface area contributed by atoms with Crippen LogP contribution < -0.4 is 10.1 Å². The number of halogens is 1. The van der Waals surface area contributed by atoms with Crippen molar-refractivity contribution in [2.45, 2.75) is 13.0 Å². The first kappa shape index (κ1) is 16.0. The highest BCUT2D eigenvalue weighted by Gasteiger charge is 2.31. The fourth-order valence-electron chi connectivity index (χ4n) is 3.07. The molecule has 0 radical (unpaired) electrons. The first-order valence-electron chi connectivity index (χ1n) is 7.80. The van der Waals surface area contributed by atoms with Crippen LogP contribution in [-0.2, 0) is 4.74 Å². The number of amides is 2. The third-order valence-corrected chi connectivity index (χ3v) is 4.47. The lowest BCUT2D eigenvalue weighted by molar-refractivity contribution is -0.0355. The maximum atomic E-state index is 13.8. The number of nitrogens with zero attached hydrogens (tertiary/aromatic N) is 2. The molecule has 1 atom stereocenters. The van der Waals surface area contributed by atoms with Crippen molar-refractivity contribution < 1.29 is 18.7 Å². The van der Waals surface area contributed by atoms with Crippen molar-refractivity contribution in [3.05, 3.63) is 23.5 Å². The number of fused-ring (bicyclic) bond motifs is 1. The third-order valence-electron chi connectivity index (χ3n) is 4.47. The van der Waals surface area contributed by atoms with Gasteiger partial charge in [-0.05, 0) is 18.6 Å². The second kappa shape index (κ2) is 6.72. The molecule has 2 saturated heterocycles. The van der Waals surface area contributed by atoms with E-state index < -0.39 is 5.82 Å². The highest BCUT2D eigenvalue weighted by Crippen LogP contribution is 2.25. The molecule has 0 unspecified atom stereocenters. The van der Waals surface area contributed by atoms with Gasteiger partial charge in [0.1, 0.15) is 0 Å². The summed E-state index contributed by atoms with van der Waals surface area (Å²) < 4.78 is 24.3. The van der Waals surface area contributed by atoms with E-state index in [-0.39, 0.29) is 17.8 Å². The Labute approximate surface area is 135 Å². The van der Waals surface area contributed by atoms with E-state index in [4.69, 9.17) is 9.47 Å². The maximum absolute atomic E-state index is 13.8. The number of methoxy groups -OCH3 is 1. The SMILES string of the molecule is COc1cc(C)c(NC(=O)N2CCN3CCOC[C@@H]3C2)cc1F. The number of anilines is 1. The van der Waals surface area contributed by atoms with E-state index in [1.165, 1.54) is 13.2 Å². The van der Waals surface area contributed by atoms with Gasteiger partial charge in [-0.3, -0.25) is 4.90 Å². The topological polar surface area (TPSA) is 54.0 Å². The number of urea groups is 1. The van der Waals surface area contributed by atoms with Gasteiger partial charge in [0, 0.05) is 37.9 Å². The first-order chi connectivity index (χ1) is 11.1. The van der Waals surface area contributed by atoms with Crippen LogP contribution in [-0.4, -0.2) is 68.4 Å². The molecule has 2 amide bonds. The lowest BCUT2D eigenvalue weighted by Gasteiger charge is -2.43. The van der Waals surface area contributed by atoms with Crippen LogP contribution in [0.25, 0.3) is 0 Å². The molecule has 0 spiro atoms. The maximum Gasteiger partial charge on any atom is 0.321 e. The quantitative estimate of drug-likeness (QED) is 0.900. The molecule has 1 N–H and O–H groups in total. The molecule has 3 rings (SSSR count). The molecule has 1 aromatic rings. The molecule has 23 heavy (non-hydrogen) atoms. The Bertz CT molecular complexity index is 596. The van der Waals surface area contributed by atoms with E-state index in [9.17, 15) is 9.18 Å². The minimum Gasteiger partial charge on any atom is -0.494 e. The van der Waals surface area contributed by atoms with Crippen molar-refractivity contribution in [1.82, 2.24) is 9.80 Å². The zero-order valence-corrected chi connectivity index (χ0v) is 13.5. The molecule has 7 heteroatoms. The Morgan fingerprint density at radius 3 is 3.00 bits per heavy atom. The van der Waals surface area contributed by atoms with E-state index in [0.29, 0.717) is 25.4 Å². The molecule has 0 bridgehead atoms. The van der Waals surface area contributed by atoms with Gasteiger partial charge in [0.2, 0.25) is 0 Å². The van der Waals surface area contributed by atoms with Crippen molar-refractivity contribution in [1.29, 1.82) is 0 Å². The highest BCUT2D eigenvalue weighted by atomic mass is 19.1. The number of piperazine rings is 1. The summed E-state index contributed by atoms with van der Waals surface area (Å²) in [5.41, 5.74) is 1.23. The summed E-state index contributed by atoms with van der Waals surface area (Å²) in [6.45, 7) is 6.28. The fourth-order valence-corrected chi connectivity index (χ4v) is 3.07. The van der Waals surface area contributed by atoms with E-state index >= 15 is 0 Å². The minimum atomic E-state index is -0.487. The molecular weight excluding hydrogens is 301 g/mol. The number of ether oxygens (including phenoxy) is 2. The van der Waals surface area contributed by atoms with E-state index in [1.807, 2.05) is 6.92 Å². The number of morpholine rings is 1. The van der Waals surface area contributed by atoms with Gasteiger partial charge in [-0.25, -0.2) is 9.18 Å². The molecule has 2 fully saturated rings. The van der Waals surface area contributed by atoms with Crippen LogP contribution in [0.1, 0.15) is 5.56 Å². The van der Waals surface area contributed by atoms with Crippen LogP contribution in [0, 0.1) is 12.7 Å². The standard InChI is InChI=1S/C16H22FN3O3/c1-11-7-15(22-2)13(17)8-14(11)18-16(21)20-4-3-19-5-6-23-10-12(19)9-20/h7-8,12H,3-6,9-10H2,1-2H3,(H,18,21)/t12-/m0/s1. The number of hydrogen-bond acceptors (Lipinski definition) is 4. The van der Waals surface area contributed by atoms with Gasteiger partial charge >= 0.3 is 6.03 Å². The highest BCUT2D eigenvalue weighted by molar-refractivity contribution is 5.90. The Morgan fingerprint density at radius 1 is 1.39 bits per heavy atom. The Hall–Kier alpha value is -1.86. The van der Waals surface area contributed by atoms with Crippen LogP contribution in [0.4, 0.5) is 14.9 Å². The number of aryl methyl sites for hydroxylation is 1. The van der Waals surface area contributed by atoms with Crippen molar-refractivity contribution in [3.8, 4) is 5.75 Å². The smallest absolute Gasteiger partial charge is 0.321 e. The number of carbonyl (C=O) groups is 1. The average molecular weight is 323 g/mol. The molecule has 6 nitrogen and oxygen atoms in total. The summed E-state index contributed by atoms with van der Waals surface area (Å²) in [5.74, 6) is -0.313. The summed E-state index contributed by atoms with van der Waals surface area (Å²) in [6, 6.07) is 2.92. The number of carbonyl (C=O) groups excluding carboxylic acids is 1. The van der Waals surface area contributed by atoms with Gasteiger partial charge in [0.15, 0.2) is 11.6 Å². The van der Waals surface area contributed by atoms with Gasteiger partial charge in [0.05, 0.1) is 26.4 Å². The van der Waals surface area contributed by atoms with Crippen molar-refractivity contribution in [3.63, 3.8) is 0 Å². The third kappa shape index (κ3) is 3.40. The van der Waals surface area contributed by atoms with Crippen LogP contribution >= 0.6 is 0 Å². The van der Waals surface area contributed by atoms with E-state index in [2.05, 4.69) is 10.2 Å². The summed E-state index contributed by atoms with van der Waals surface area (Å²) in [4.78, 5) is 16.6. The fraction of sp³-hybridized carbons (Fsp3) is 0.562. The second-order valence-electron chi connectivity index (χ2n) is 5.94.